The van der Waals surface area contributed by atoms with Gasteiger partial charge in [-0.1, -0.05) is 58.0 Å². The quantitative estimate of drug-likeness (QED) is 0.528. The zero-order valence-corrected chi connectivity index (χ0v) is 19.7. The molecule has 164 valence electrons. The van der Waals surface area contributed by atoms with E-state index in [-0.39, 0.29) is 0 Å². The first-order chi connectivity index (χ1) is 15.1. The fourth-order valence-corrected chi connectivity index (χ4v) is 3.22. The summed E-state index contributed by atoms with van der Waals surface area (Å²) in [6.45, 7) is 12.9. The standard InChI is InChI=1S/C22H22N4O.2C2H6/c1-15-9-16(2)24-19(15)10-21-22(27-3)11-20(25-21)18-12-23-26(14-18)13-17-7-5-4-6-8-17;2*1-2/h4-12,14,24H,13H2,1-3H3;2*1-2H3/b21-10-;;. The Balaban J connectivity index is 0.000000807. The largest absolute Gasteiger partial charge is 0.494 e. The number of hydrogen-bond donors (Lipinski definition) is 1. The van der Waals surface area contributed by atoms with Crippen LogP contribution in [0.1, 0.15) is 55.8 Å². The van der Waals surface area contributed by atoms with E-state index < -0.39 is 0 Å². The zero-order valence-electron chi connectivity index (χ0n) is 19.7. The van der Waals surface area contributed by atoms with Gasteiger partial charge in [0, 0.05) is 29.2 Å². The number of aromatic amines is 1. The van der Waals surface area contributed by atoms with Crippen LogP contribution in [0.15, 0.2) is 71.3 Å². The lowest BCUT2D eigenvalue weighted by Gasteiger charge is -2.01. The number of methoxy groups -OCH3 is 1. The Bertz CT molecular complexity index is 1050. The summed E-state index contributed by atoms with van der Waals surface area (Å²) in [5.41, 5.74) is 7.23. The van der Waals surface area contributed by atoms with Crippen LogP contribution in [0.2, 0.25) is 0 Å². The number of aliphatic imine (C=N–C) groups is 1. The van der Waals surface area contributed by atoms with Crippen LogP contribution < -0.4 is 0 Å². The molecular formula is C26H34N4O. The summed E-state index contributed by atoms with van der Waals surface area (Å²) in [4.78, 5) is 8.12. The third kappa shape index (κ3) is 6.07. The Morgan fingerprint density at radius 3 is 2.39 bits per heavy atom. The van der Waals surface area contributed by atoms with Crippen LogP contribution in [-0.4, -0.2) is 27.6 Å². The van der Waals surface area contributed by atoms with E-state index in [1.54, 1.807) is 7.11 Å². The molecule has 1 N–H and O–H groups in total. The highest BCUT2D eigenvalue weighted by Gasteiger charge is 2.18. The second-order valence-electron chi connectivity index (χ2n) is 6.70. The number of aryl methyl sites for hydroxylation is 2. The first-order valence-corrected chi connectivity index (χ1v) is 10.9. The van der Waals surface area contributed by atoms with Crippen molar-refractivity contribution < 1.29 is 4.74 Å². The van der Waals surface area contributed by atoms with E-state index in [1.165, 1.54) is 11.1 Å². The van der Waals surface area contributed by atoms with Crippen molar-refractivity contribution in [2.24, 2.45) is 4.99 Å². The monoisotopic (exact) mass is 418 g/mol. The number of allylic oxidation sites excluding steroid dienone is 1. The molecule has 0 unspecified atom stereocenters. The maximum Gasteiger partial charge on any atom is 0.146 e. The maximum absolute atomic E-state index is 5.53. The minimum atomic E-state index is 0.735. The van der Waals surface area contributed by atoms with Gasteiger partial charge in [0.25, 0.3) is 0 Å². The van der Waals surface area contributed by atoms with Gasteiger partial charge < -0.3 is 9.72 Å². The smallest absolute Gasteiger partial charge is 0.146 e. The number of rotatable bonds is 5. The molecule has 31 heavy (non-hydrogen) atoms. The van der Waals surface area contributed by atoms with Crippen LogP contribution in [0.4, 0.5) is 0 Å². The Morgan fingerprint density at radius 2 is 1.77 bits per heavy atom. The molecule has 0 radical (unpaired) electrons. The van der Waals surface area contributed by atoms with E-state index >= 15 is 0 Å². The van der Waals surface area contributed by atoms with Gasteiger partial charge >= 0.3 is 0 Å². The molecule has 5 heteroatoms. The first kappa shape index (κ1) is 23.9. The number of aromatic nitrogens is 3. The van der Waals surface area contributed by atoms with Crippen LogP contribution in [0, 0.1) is 13.8 Å². The Kier molecular flexibility index (Phi) is 9.07. The van der Waals surface area contributed by atoms with Gasteiger partial charge in [-0.15, -0.1) is 0 Å². The average molecular weight is 419 g/mol. The number of H-pyrrole nitrogens is 1. The number of ether oxygens (including phenoxy) is 1. The summed E-state index contributed by atoms with van der Waals surface area (Å²) in [6, 6.07) is 12.4. The lowest BCUT2D eigenvalue weighted by atomic mass is 10.2. The number of benzene rings is 1. The van der Waals surface area contributed by atoms with Crippen molar-refractivity contribution in [1.82, 2.24) is 14.8 Å². The third-order valence-electron chi connectivity index (χ3n) is 4.57. The van der Waals surface area contributed by atoms with E-state index in [0.717, 1.165) is 40.7 Å². The van der Waals surface area contributed by atoms with E-state index in [1.807, 2.05) is 82.0 Å². The Hall–Kier alpha value is -3.34. The van der Waals surface area contributed by atoms with Gasteiger partial charge in [0.1, 0.15) is 11.5 Å². The molecular weight excluding hydrogens is 384 g/mol. The summed E-state index contributed by atoms with van der Waals surface area (Å²) in [5, 5.41) is 4.47. The minimum absolute atomic E-state index is 0.735. The van der Waals surface area contributed by atoms with Crippen molar-refractivity contribution in [2.75, 3.05) is 7.11 Å². The summed E-state index contributed by atoms with van der Waals surface area (Å²) < 4.78 is 7.46. The molecule has 1 aromatic carbocycles. The first-order valence-electron chi connectivity index (χ1n) is 10.9. The molecule has 0 fully saturated rings. The van der Waals surface area contributed by atoms with E-state index in [9.17, 15) is 0 Å². The van der Waals surface area contributed by atoms with Crippen molar-refractivity contribution in [3.8, 4) is 0 Å². The molecule has 0 saturated heterocycles. The van der Waals surface area contributed by atoms with Gasteiger partial charge in [0.05, 0.1) is 25.6 Å². The van der Waals surface area contributed by atoms with Gasteiger partial charge in [-0.05, 0) is 37.1 Å². The van der Waals surface area contributed by atoms with Crippen molar-refractivity contribution in [3.05, 3.63) is 94.4 Å². The van der Waals surface area contributed by atoms with Crippen molar-refractivity contribution in [1.29, 1.82) is 0 Å². The highest BCUT2D eigenvalue weighted by Crippen LogP contribution is 2.26. The summed E-state index contributed by atoms with van der Waals surface area (Å²) in [7, 11) is 1.67. The molecule has 0 bridgehead atoms. The molecule has 3 aromatic rings. The molecule has 0 atom stereocenters. The normalized spacial score (nSPS) is 13.6. The second-order valence-corrected chi connectivity index (χ2v) is 6.70. The zero-order chi connectivity index (χ0) is 22.8. The van der Waals surface area contributed by atoms with Crippen molar-refractivity contribution in [2.45, 2.75) is 48.1 Å². The van der Waals surface area contributed by atoms with Crippen LogP contribution in [-0.2, 0) is 11.3 Å². The molecule has 1 aliphatic heterocycles. The van der Waals surface area contributed by atoms with Crippen LogP contribution in [0.3, 0.4) is 0 Å². The van der Waals surface area contributed by atoms with Gasteiger partial charge in [0.15, 0.2) is 0 Å². The highest BCUT2D eigenvalue weighted by atomic mass is 16.5. The predicted molar refractivity (Wildman–Crippen MR) is 130 cm³/mol. The van der Waals surface area contributed by atoms with Gasteiger partial charge in [-0.25, -0.2) is 4.99 Å². The molecule has 0 amide bonds. The fraction of sp³-hybridized carbons (Fsp3) is 0.308. The molecule has 5 nitrogen and oxygen atoms in total. The van der Waals surface area contributed by atoms with Crippen LogP contribution in [0.5, 0.6) is 0 Å². The lowest BCUT2D eigenvalue weighted by molar-refractivity contribution is 0.303. The molecule has 0 saturated carbocycles. The summed E-state index contributed by atoms with van der Waals surface area (Å²) in [6.07, 6.45) is 7.85. The number of nitrogens with zero attached hydrogens (tertiary/aromatic N) is 3. The minimum Gasteiger partial charge on any atom is -0.494 e. The SMILES string of the molecule is CC.CC.COC1=CC(c2cnn(Cc3ccccc3)c2)=N/C1=C\c1[nH]c(C)cc1C. The molecule has 1 aliphatic rings. The molecule has 4 rings (SSSR count). The molecule has 0 aliphatic carbocycles. The Labute approximate surface area is 186 Å². The predicted octanol–water partition coefficient (Wildman–Crippen LogP) is 6.30. The maximum atomic E-state index is 5.53. The Morgan fingerprint density at radius 1 is 1.06 bits per heavy atom. The van der Waals surface area contributed by atoms with Crippen LogP contribution >= 0.6 is 0 Å². The highest BCUT2D eigenvalue weighted by molar-refractivity contribution is 6.11. The van der Waals surface area contributed by atoms with E-state index in [4.69, 9.17) is 9.73 Å². The third-order valence-corrected chi connectivity index (χ3v) is 4.57. The van der Waals surface area contributed by atoms with Crippen molar-refractivity contribution in [3.63, 3.8) is 0 Å². The molecule has 0 spiro atoms. The lowest BCUT2D eigenvalue weighted by Crippen LogP contribution is -1.99. The number of nitrogens with one attached hydrogen (secondary N) is 1. The summed E-state index contributed by atoms with van der Waals surface area (Å²) in [5.74, 6) is 0.757. The van der Waals surface area contributed by atoms with Crippen molar-refractivity contribution >= 4 is 11.8 Å². The average Bonchev–Trinajstić information content (AvgIpc) is 3.51. The van der Waals surface area contributed by atoms with Gasteiger partial charge in [-0.2, -0.15) is 5.10 Å². The van der Waals surface area contributed by atoms with Gasteiger partial charge in [-0.3, -0.25) is 4.68 Å². The van der Waals surface area contributed by atoms with Crippen LogP contribution in [0.25, 0.3) is 6.08 Å². The van der Waals surface area contributed by atoms with E-state index in [0.29, 0.717) is 0 Å². The molecule has 3 heterocycles. The molecule has 2 aromatic heterocycles. The number of hydrogen-bond acceptors (Lipinski definition) is 3. The van der Waals surface area contributed by atoms with Gasteiger partial charge in [0.2, 0.25) is 0 Å². The summed E-state index contributed by atoms with van der Waals surface area (Å²) >= 11 is 0. The fourth-order valence-electron chi connectivity index (χ4n) is 3.22. The second kappa shape index (κ2) is 11.7. The van der Waals surface area contributed by atoms with E-state index in [2.05, 4.69) is 35.2 Å². The topological polar surface area (TPSA) is 55.2 Å².